The first-order valence-corrected chi connectivity index (χ1v) is 36.8. The van der Waals surface area contributed by atoms with Crippen LogP contribution < -0.4 is 0 Å². The van der Waals surface area contributed by atoms with Gasteiger partial charge in [0.15, 0.2) is 0 Å². The maximum atomic E-state index is 11.0. The molecule has 71 heavy (non-hydrogen) atoms. The Labute approximate surface area is 461 Å². The van der Waals surface area contributed by atoms with E-state index in [2.05, 4.69) is 142 Å². The highest BCUT2D eigenvalue weighted by molar-refractivity contribution is 8.03. The third-order valence-electron chi connectivity index (χ3n) is 13.8. The van der Waals surface area contributed by atoms with Crippen LogP contribution in [0.1, 0.15) is 234 Å². The second-order valence-electron chi connectivity index (χ2n) is 20.2. The summed E-state index contributed by atoms with van der Waals surface area (Å²) in [4.78, 5) is 27.0. The van der Waals surface area contributed by atoms with E-state index in [9.17, 15) is 4.57 Å². The van der Waals surface area contributed by atoms with Gasteiger partial charge in [-0.2, -0.15) is 0 Å². The second kappa shape index (κ2) is 39.3. The predicted molar refractivity (Wildman–Crippen MR) is 332 cm³/mol. The molecule has 3 nitrogen and oxygen atoms in total. The Kier molecular flexibility index (Phi) is 35.1. The van der Waals surface area contributed by atoms with Crippen LogP contribution in [-0.2, 0) is 4.57 Å². The lowest BCUT2D eigenvalue weighted by Crippen LogP contribution is -1.93. The minimum atomic E-state index is -3.81. The molecule has 0 spiro atoms. The van der Waals surface area contributed by atoms with Crippen LogP contribution in [0.3, 0.4) is 0 Å². The van der Waals surface area contributed by atoms with Gasteiger partial charge in [0.2, 0.25) is 0 Å². The zero-order valence-corrected chi connectivity index (χ0v) is 51.3. The minimum absolute atomic E-state index is 0.0474. The van der Waals surface area contributed by atoms with Crippen molar-refractivity contribution in [2.75, 3.05) is 40.7 Å². The third kappa shape index (κ3) is 25.3. The lowest BCUT2D eigenvalue weighted by molar-refractivity contribution is 0.370. The summed E-state index contributed by atoms with van der Waals surface area (Å²) < 4.78 is 11.0. The smallest absolute Gasteiger partial charge is 0.324 e. The van der Waals surface area contributed by atoms with Crippen LogP contribution in [0.25, 0.3) is 32.3 Å². The minimum Gasteiger partial charge on any atom is -0.324 e. The van der Waals surface area contributed by atoms with Crippen LogP contribution in [0.4, 0.5) is 0 Å². The average Bonchev–Trinajstić information content (AvgIpc) is 3.36. The fraction of sp³-hybridized carbons (Fsp3) is 0.705. The van der Waals surface area contributed by atoms with Crippen molar-refractivity contribution in [1.82, 2.24) is 0 Å². The highest BCUT2D eigenvalue weighted by Crippen LogP contribution is 2.48. The molecule has 0 radical (unpaired) electrons. The number of thioether (sulfide) groups is 6. The maximum absolute atomic E-state index is 11.0. The van der Waals surface area contributed by atoms with Crippen molar-refractivity contribution in [3.05, 3.63) is 36.4 Å². The zero-order valence-electron chi connectivity index (χ0n) is 45.5. The molecule has 10 heteroatoms. The van der Waals surface area contributed by atoms with E-state index in [1.165, 1.54) is 276 Å². The number of benzene rings is 4. The summed E-state index contributed by atoms with van der Waals surface area (Å²) in [6.07, 6.45) is 39.4. The van der Waals surface area contributed by atoms with Gasteiger partial charge in [-0.05, 0) is 148 Å². The molecule has 2 N–H and O–H groups in total. The fourth-order valence-corrected chi connectivity index (χ4v) is 17.0. The third-order valence-corrected chi connectivity index (χ3v) is 21.9. The van der Waals surface area contributed by atoms with Crippen LogP contribution in [0, 0.1) is 0 Å². The Bertz CT molecular complexity index is 2040. The van der Waals surface area contributed by atoms with Gasteiger partial charge in [0, 0.05) is 35.5 Å². The zero-order chi connectivity index (χ0) is 50.8. The molecular formula is C61H99O3PS6. The summed E-state index contributed by atoms with van der Waals surface area (Å²) in [6.45, 7) is 11.6. The molecule has 0 bridgehead atoms. The van der Waals surface area contributed by atoms with Gasteiger partial charge in [-0.15, -0.1) is 70.6 Å². The summed E-state index contributed by atoms with van der Waals surface area (Å²) in [5, 5.41) is 8.77. The second-order valence-corrected chi connectivity index (χ2v) is 28.8. The van der Waals surface area contributed by atoms with Gasteiger partial charge >= 0.3 is 7.60 Å². The van der Waals surface area contributed by atoms with Gasteiger partial charge < -0.3 is 9.79 Å². The first-order valence-electron chi connectivity index (χ1n) is 29.1. The number of rotatable bonds is 45. The van der Waals surface area contributed by atoms with Gasteiger partial charge in [0.05, 0.1) is 0 Å². The van der Waals surface area contributed by atoms with Crippen molar-refractivity contribution in [2.45, 2.75) is 263 Å². The van der Waals surface area contributed by atoms with E-state index in [1.54, 1.807) is 0 Å². The monoisotopic (exact) mass is 1100 g/mol. The van der Waals surface area contributed by atoms with E-state index < -0.39 is 7.60 Å². The van der Waals surface area contributed by atoms with Gasteiger partial charge in [-0.3, -0.25) is 4.57 Å². The van der Waals surface area contributed by atoms with Crippen LogP contribution in [-0.4, -0.2) is 50.5 Å². The maximum Gasteiger partial charge on any atom is 0.325 e. The first-order chi connectivity index (χ1) is 34.7. The standard InChI is InChI=1S/C61H99O3PS6/c1-6-11-31-38-66-56-44-50-51-45-57(67-39-32-12-7-2)59(69-41-34-14-9-4)47-53(51)55-49-61(60(70-42-35-15-10-5)48-54(55)52(50)46-58(56)68-40-33-13-8-3)71-43-36-29-27-25-23-21-19-17-16-18-20-22-24-26-28-30-37-65(62,63)64/h44-49H,6-43H2,1-5H3,(H2,62,63,64). The predicted octanol–water partition coefficient (Wildman–Crippen LogP) is 23.1. The number of hydrogen-bond donors (Lipinski definition) is 2. The molecule has 0 amide bonds. The van der Waals surface area contributed by atoms with E-state index in [1.807, 2.05) is 0 Å². The number of fused-ring (bicyclic) bond motifs is 6. The Morgan fingerprint density at radius 3 is 0.634 bits per heavy atom. The molecule has 0 aliphatic heterocycles. The normalized spacial score (nSPS) is 12.2. The van der Waals surface area contributed by atoms with Crippen LogP contribution in [0.5, 0.6) is 0 Å². The molecule has 0 unspecified atom stereocenters. The molecule has 0 saturated heterocycles. The molecule has 4 rings (SSSR count). The SMILES string of the molecule is CCCCCSc1cc2c3cc(SCCCCC)c(SCCCCC)cc3c3cc(SCCCCCCCCCCCCCCCCCCP(=O)(O)O)c(SCCCCC)cc3c2cc1SCCCCC. The molecule has 4 aromatic rings. The molecule has 0 saturated carbocycles. The lowest BCUT2D eigenvalue weighted by Gasteiger charge is -2.20. The van der Waals surface area contributed by atoms with E-state index >= 15 is 0 Å². The summed E-state index contributed by atoms with van der Waals surface area (Å²) in [7, 11) is -3.81. The van der Waals surface area contributed by atoms with Crippen LogP contribution in [0.15, 0.2) is 65.8 Å². The molecule has 0 fully saturated rings. The number of unbranched alkanes of at least 4 members (excludes halogenated alkanes) is 25. The lowest BCUT2D eigenvalue weighted by atomic mass is 9.94. The Hall–Kier alpha value is -0.0900. The van der Waals surface area contributed by atoms with Crippen molar-refractivity contribution >= 4 is 110 Å². The van der Waals surface area contributed by atoms with Crippen LogP contribution >= 0.6 is 78.2 Å². The van der Waals surface area contributed by atoms with E-state index in [0.29, 0.717) is 6.42 Å². The molecule has 4 aromatic carbocycles. The van der Waals surface area contributed by atoms with Gasteiger partial charge in [0.1, 0.15) is 0 Å². The quantitative estimate of drug-likeness (QED) is 0.0195. The van der Waals surface area contributed by atoms with Gasteiger partial charge in [-0.25, -0.2) is 0 Å². The number of hydrogen-bond acceptors (Lipinski definition) is 7. The summed E-state index contributed by atoms with van der Waals surface area (Å²) >= 11 is 12.7. The molecule has 0 aliphatic carbocycles. The molecule has 0 aromatic heterocycles. The van der Waals surface area contributed by atoms with E-state index in [-0.39, 0.29) is 6.16 Å². The topological polar surface area (TPSA) is 57.5 Å². The molecule has 0 heterocycles. The van der Waals surface area contributed by atoms with Crippen molar-refractivity contribution in [2.24, 2.45) is 0 Å². The highest BCUT2D eigenvalue weighted by Gasteiger charge is 2.19. The van der Waals surface area contributed by atoms with Gasteiger partial charge in [0.25, 0.3) is 0 Å². The highest BCUT2D eigenvalue weighted by atomic mass is 32.2. The first kappa shape index (κ1) is 63.4. The van der Waals surface area contributed by atoms with Crippen molar-refractivity contribution < 1.29 is 14.4 Å². The van der Waals surface area contributed by atoms with Crippen molar-refractivity contribution in [3.8, 4) is 0 Å². The van der Waals surface area contributed by atoms with Crippen molar-refractivity contribution in [1.29, 1.82) is 0 Å². The molecule has 402 valence electrons. The largest absolute Gasteiger partial charge is 0.325 e. The summed E-state index contributed by atoms with van der Waals surface area (Å²) in [5.41, 5.74) is 0. The van der Waals surface area contributed by atoms with Crippen LogP contribution in [0.2, 0.25) is 0 Å². The average molecular weight is 1100 g/mol. The van der Waals surface area contributed by atoms with E-state index in [0.717, 1.165) is 12.8 Å². The Morgan fingerprint density at radius 1 is 0.282 bits per heavy atom. The van der Waals surface area contributed by atoms with Crippen molar-refractivity contribution in [3.63, 3.8) is 0 Å². The van der Waals surface area contributed by atoms with Gasteiger partial charge in [-0.1, -0.05) is 189 Å². The molecular weight excluding hydrogens is 1000 g/mol. The summed E-state index contributed by atoms with van der Waals surface area (Å²) in [5.74, 6) is 7.18. The Morgan fingerprint density at radius 2 is 0.451 bits per heavy atom. The summed E-state index contributed by atoms with van der Waals surface area (Å²) in [6, 6.07) is 15.9. The molecule has 0 aliphatic rings. The fourth-order valence-electron chi connectivity index (χ4n) is 9.44. The Balaban J connectivity index is 1.55. The van der Waals surface area contributed by atoms with E-state index in [4.69, 9.17) is 9.79 Å². The molecule has 0 atom stereocenters.